The Morgan fingerprint density at radius 2 is 2.15 bits per heavy atom. The van der Waals surface area contributed by atoms with Crippen molar-refractivity contribution in [2.75, 3.05) is 0 Å². The number of rotatable bonds is 2. The smallest absolute Gasteiger partial charge is 0.391 e. The molecule has 0 bridgehead atoms. The molecule has 70 valence electrons. The van der Waals surface area contributed by atoms with Gasteiger partial charge in [-0.05, 0) is 9.91 Å². The van der Waals surface area contributed by atoms with Crippen LogP contribution in [-0.4, -0.2) is 20.4 Å². The fraction of sp³-hybridized carbons (Fsp3) is 0.333. The highest BCUT2D eigenvalue weighted by Gasteiger charge is 2.23. The quantitative estimate of drug-likeness (QED) is 0.433. The molecule has 7 heteroatoms. The van der Waals surface area contributed by atoms with Crippen molar-refractivity contribution < 1.29 is 14.8 Å². The third kappa shape index (κ3) is 1.35. The topological polar surface area (TPSA) is 101 Å². The van der Waals surface area contributed by atoms with Gasteiger partial charge in [0.15, 0.2) is 5.69 Å². The molecule has 13 heavy (non-hydrogen) atoms. The lowest BCUT2D eigenvalue weighted by molar-refractivity contribution is -0.390. The molecule has 0 aliphatic heterocycles. The van der Waals surface area contributed by atoms with E-state index in [0.29, 0.717) is 0 Å². The first-order valence-corrected chi connectivity index (χ1v) is 3.34. The van der Waals surface area contributed by atoms with E-state index in [0.717, 1.165) is 4.57 Å². The van der Waals surface area contributed by atoms with E-state index in [2.05, 4.69) is 4.98 Å². The molecule has 0 spiro atoms. The summed E-state index contributed by atoms with van der Waals surface area (Å²) in [4.78, 5) is 23.4. The van der Waals surface area contributed by atoms with Crippen LogP contribution in [0, 0.1) is 17.0 Å². The molecule has 0 N–H and O–H groups in total. The normalized spacial score (nSPS) is 10.0. The molecule has 1 heterocycles. The predicted molar refractivity (Wildman–Crippen MR) is 38.9 cm³/mol. The van der Waals surface area contributed by atoms with Crippen molar-refractivity contribution >= 4 is 11.8 Å². The molecule has 1 aromatic heterocycles. The summed E-state index contributed by atoms with van der Waals surface area (Å²) >= 11 is 0. The average Bonchev–Trinajstić information content (AvgIpc) is 2.28. The molecule has 0 atom stereocenters. The molecule has 0 amide bonds. The SMILES string of the molecule is Cc1nc([N+](=O)[O-])c(C(=O)[O-])n1C. The van der Waals surface area contributed by atoms with Crippen molar-refractivity contribution in [3.05, 3.63) is 21.6 Å². The number of nitro groups is 1. The van der Waals surface area contributed by atoms with Gasteiger partial charge in [0.2, 0.25) is 5.82 Å². The molecular weight excluding hydrogens is 178 g/mol. The van der Waals surface area contributed by atoms with Crippen molar-refractivity contribution in [1.29, 1.82) is 0 Å². The molecule has 0 aromatic carbocycles. The van der Waals surface area contributed by atoms with Crippen molar-refractivity contribution in [2.45, 2.75) is 6.92 Å². The number of carboxylic acids is 1. The maximum atomic E-state index is 10.5. The summed E-state index contributed by atoms with van der Waals surface area (Å²) in [5.74, 6) is -2.03. The van der Waals surface area contributed by atoms with Crippen LogP contribution in [0.4, 0.5) is 5.82 Å². The van der Waals surface area contributed by atoms with E-state index in [9.17, 15) is 20.0 Å². The maximum absolute atomic E-state index is 10.5. The van der Waals surface area contributed by atoms with E-state index in [4.69, 9.17) is 0 Å². The number of carboxylic acid groups (broad SMARTS) is 1. The minimum Gasteiger partial charge on any atom is -0.543 e. The van der Waals surface area contributed by atoms with E-state index in [1.54, 1.807) is 0 Å². The Kier molecular flexibility index (Phi) is 2.01. The van der Waals surface area contributed by atoms with Crippen LogP contribution in [0.1, 0.15) is 16.3 Å². The summed E-state index contributed by atoms with van der Waals surface area (Å²) in [6, 6.07) is 0. The largest absolute Gasteiger partial charge is 0.543 e. The number of nitrogens with zero attached hydrogens (tertiary/aromatic N) is 3. The fourth-order valence-corrected chi connectivity index (χ4v) is 0.949. The molecule has 0 saturated heterocycles. The van der Waals surface area contributed by atoms with Crippen molar-refractivity contribution in [3.8, 4) is 0 Å². The third-order valence-corrected chi connectivity index (χ3v) is 1.67. The van der Waals surface area contributed by atoms with Gasteiger partial charge in [-0.25, -0.2) is 0 Å². The zero-order valence-corrected chi connectivity index (χ0v) is 6.97. The Labute approximate surface area is 72.8 Å². The second-order valence-corrected chi connectivity index (χ2v) is 2.43. The lowest BCUT2D eigenvalue weighted by Gasteiger charge is -2.01. The number of aromatic carboxylic acids is 1. The highest BCUT2D eigenvalue weighted by atomic mass is 16.6. The molecule has 0 aliphatic carbocycles. The monoisotopic (exact) mass is 184 g/mol. The minimum absolute atomic E-state index is 0.255. The van der Waals surface area contributed by atoms with Crippen molar-refractivity contribution in [3.63, 3.8) is 0 Å². The standard InChI is InChI=1S/C6H7N3O4/c1-3-7-5(9(12)13)4(6(10)11)8(3)2/h1-2H3,(H,10,11)/p-1. The van der Waals surface area contributed by atoms with Gasteiger partial charge in [-0.15, -0.1) is 0 Å². The van der Waals surface area contributed by atoms with Crippen LogP contribution in [0.15, 0.2) is 0 Å². The number of carbonyl (C=O) groups excluding carboxylic acids is 1. The fourth-order valence-electron chi connectivity index (χ4n) is 0.949. The Morgan fingerprint density at radius 1 is 1.62 bits per heavy atom. The van der Waals surface area contributed by atoms with Gasteiger partial charge in [-0.3, -0.25) is 0 Å². The number of hydrogen-bond acceptors (Lipinski definition) is 5. The Hall–Kier alpha value is -1.92. The number of imidazole rings is 1. The van der Waals surface area contributed by atoms with Crippen LogP contribution in [0.3, 0.4) is 0 Å². The first-order valence-electron chi connectivity index (χ1n) is 3.34. The van der Waals surface area contributed by atoms with Gasteiger partial charge in [0.1, 0.15) is 0 Å². The van der Waals surface area contributed by atoms with E-state index >= 15 is 0 Å². The van der Waals surface area contributed by atoms with E-state index in [1.165, 1.54) is 14.0 Å². The molecule has 0 saturated carbocycles. The molecule has 0 fully saturated rings. The molecule has 0 radical (unpaired) electrons. The second-order valence-electron chi connectivity index (χ2n) is 2.43. The summed E-state index contributed by atoms with van der Waals surface area (Å²) < 4.78 is 1.10. The van der Waals surface area contributed by atoms with Crippen LogP contribution in [0.2, 0.25) is 0 Å². The molecule has 7 nitrogen and oxygen atoms in total. The third-order valence-electron chi connectivity index (χ3n) is 1.67. The number of aromatic nitrogens is 2. The van der Waals surface area contributed by atoms with Gasteiger partial charge in [0, 0.05) is 14.0 Å². The van der Waals surface area contributed by atoms with Gasteiger partial charge in [0.05, 0.1) is 5.97 Å². The molecule has 0 unspecified atom stereocenters. The van der Waals surface area contributed by atoms with E-state index < -0.39 is 22.4 Å². The summed E-state index contributed by atoms with van der Waals surface area (Å²) in [7, 11) is 1.38. The maximum Gasteiger partial charge on any atom is 0.391 e. The van der Waals surface area contributed by atoms with Gasteiger partial charge in [-0.2, -0.15) is 0 Å². The van der Waals surface area contributed by atoms with Crippen molar-refractivity contribution in [2.24, 2.45) is 7.05 Å². The minimum atomic E-state index is -1.60. The van der Waals surface area contributed by atoms with Crippen LogP contribution in [0.5, 0.6) is 0 Å². The number of hydrogen-bond donors (Lipinski definition) is 0. The Bertz CT molecular complexity index is 381. The molecule has 1 rings (SSSR count). The number of carbonyl (C=O) groups is 1. The number of aryl methyl sites for hydroxylation is 1. The highest BCUT2D eigenvalue weighted by Crippen LogP contribution is 2.16. The lowest BCUT2D eigenvalue weighted by atomic mass is 10.4. The Balaban J connectivity index is 3.44. The van der Waals surface area contributed by atoms with E-state index in [1.807, 2.05) is 0 Å². The van der Waals surface area contributed by atoms with Gasteiger partial charge >= 0.3 is 5.82 Å². The van der Waals surface area contributed by atoms with Crippen LogP contribution >= 0.6 is 0 Å². The van der Waals surface area contributed by atoms with Crippen molar-refractivity contribution in [1.82, 2.24) is 9.55 Å². The summed E-state index contributed by atoms with van der Waals surface area (Å²) in [6.45, 7) is 1.47. The molecular formula is C6H6N3O4-. The van der Waals surface area contributed by atoms with Crippen LogP contribution in [0.25, 0.3) is 0 Å². The van der Waals surface area contributed by atoms with E-state index in [-0.39, 0.29) is 5.82 Å². The van der Waals surface area contributed by atoms with Gasteiger partial charge in [0.25, 0.3) is 0 Å². The first kappa shape index (κ1) is 9.17. The summed E-state index contributed by atoms with van der Waals surface area (Å²) in [5, 5.41) is 20.8. The lowest BCUT2D eigenvalue weighted by Crippen LogP contribution is -2.26. The first-order chi connectivity index (χ1) is 5.95. The highest BCUT2D eigenvalue weighted by molar-refractivity contribution is 5.88. The second kappa shape index (κ2) is 2.85. The Morgan fingerprint density at radius 3 is 2.46 bits per heavy atom. The van der Waals surface area contributed by atoms with Gasteiger partial charge in [-0.1, -0.05) is 0 Å². The van der Waals surface area contributed by atoms with Crippen LogP contribution in [-0.2, 0) is 7.05 Å². The predicted octanol–water partition coefficient (Wildman–Crippen LogP) is -1.000. The summed E-state index contributed by atoms with van der Waals surface area (Å²) in [5.41, 5.74) is -0.512. The van der Waals surface area contributed by atoms with Gasteiger partial charge < -0.3 is 24.6 Å². The average molecular weight is 184 g/mol. The molecule has 1 aromatic rings. The molecule has 0 aliphatic rings. The van der Waals surface area contributed by atoms with Crippen LogP contribution < -0.4 is 5.11 Å². The zero-order chi connectivity index (χ0) is 10.2. The summed E-state index contributed by atoms with van der Waals surface area (Å²) in [6.07, 6.45) is 0. The zero-order valence-electron chi connectivity index (χ0n) is 6.97.